The van der Waals surface area contributed by atoms with Gasteiger partial charge in [0.15, 0.2) is 0 Å². The van der Waals surface area contributed by atoms with E-state index in [-0.39, 0.29) is 0 Å². The van der Waals surface area contributed by atoms with Gasteiger partial charge in [-0.2, -0.15) is 0 Å². The Morgan fingerprint density at radius 3 is 3.20 bits per heavy atom. The van der Waals surface area contributed by atoms with Crippen LogP contribution in [0.4, 0.5) is 0 Å². The molecule has 0 bridgehead atoms. The number of nitrogens with zero attached hydrogens (tertiary/aromatic N) is 2. The summed E-state index contributed by atoms with van der Waals surface area (Å²) in [5, 5.41) is 3.41. The molecule has 80 valence electrons. The average molecular weight is 205 g/mol. The van der Waals surface area contributed by atoms with Crippen LogP contribution in [0, 0.1) is 0 Å². The third-order valence-corrected chi connectivity index (χ3v) is 2.28. The monoisotopic (exact) mass is 205 g/mol. The number of hydrogen-bond donors (Lipinski definition) is 1. The van der Waals surface area contributed by atoms with Crippen LogP contribution in [0.2, 0.25) is 0 Å². The van der Waals surface area contributed by atoms with Crippen molar-refractivity contribution >= 4 is 0 Å². The lowest BCUT2D eigenvalue weighted by atomic mass is 10.3. The molecule has 0 saturated carbocycles. The van der Waals surface area contributed by atoms with Crippen LogP contribution >= 0.6 is 0 Å². The molecule has 2 aromatic rings. The molecule has 0 spiro atoms. The minimum absolute atomic E-state index is 0.411. The molecule has 4 heteroatoms. The van der Waals surface area contributed by atoms with E-state index in [0.29, 0.717) is 6.04 Å². The quantitative estimate of drug-likeness (QED) is 0.807. The van der Waals surface area contributed by atoms with Crippen LogP contribution in [0.5, 0.6) is 0 Å². The summed E-state index contributed by atoms with van der Waals surface area (Å²) in [5.41, 5.74) is 1.17. The summed E-state index contributed by atoms with van der Waals surface area (Å²) in [7, 11) is 0. The van der Waals surface area contributed by atoms with E-state index in [0.717, 1.165) is 13.1 Å². The largest absolute Gasteiger partial charge is 0.472 e. The molecule has 1 atom stereocenters. The molecule has 2 aromatic heterocycles. The first kappa shape index (κ1) is 9.98. The predicted octanol–water partition coefficient (Wildman–Crippen LogP) is 1.65. The zero-order valence-electron chi connectivity index (χ0n) is 8.76. The van der Waals surface area contributed by atoms with E-state index in [2.05, 4.69) is 21.8 Å². The van der Waals surface area contributed by atoms with Crippen molar-refractivity contribution < 1.29 is 4.42 Å². The Hall–Kier alpha value is -1.55. The lowest BCUT2D eigenvalue weighted by Gasteiger charge is -2.13. The van der Waals surface area contributed by atoms with Crippen LogP contribution in [0.3, 0.4) is 0 Å². The Balaban J connectivity index is 1.76. The van der Waals surface area contributed by atoms with E-state index in [1.54, 1.807) is 18.7 Å². The Bertz CT molecular complexity index is 366. The van der Waals surface area contributed by atoms with Gasteiger partial charge in [-0.1, -0.05) is 0 Å². The minimum atomic E-state index is 0.411. The van der Waals surface area contributed by atoms with Crippen molar-refractivity contribution in [1.82, 2.24) is 14.9 Å². The van der Waals surface area contributed by atoms with Gasteiger partial charge in [0, 0.05) is 37.1 Å². The summed E-state index contributed by atoms with van der Waals surface area (Å²) >= 11 is 0. The first-order chi connectivity index (χ1) is 7.34. The first-order valence-electron chi connectivity index (χ1n) is 5.05. The van der Waals surface area contributed by atoms with Crippen LogP contribution in [-0.2, 0) is 13.1 Å². The molecule has 0 saturated heterocycles. The second-order valence-corrected chi connectivity index (χ2v) is 3.67. The number of hydrogen-bond acceptors (Lipinski definition) is 3. The van der Waals surface area contributed by atoms with Crippen molar-refractivity contribution in [1.29, 1.82) is 0 Å². The summed E-state index contributed by atoms with van der Waals surface area (Å²) in [6.07, 6.45) is 9.04. The maximum absolute atomic E-state index is 5.00. The van der Waals surface area contributed by atoms with E-state index in [4.69, 9.17) is 4.42 Å². The highest BCUT2D eigenvalue weighted by Gasteiger charge is 2.02. The molecule has 0 radical (unpaired) electrons. The minimum Gasteiger partial charge on any atom is -0.472 e. The number of imidazole rings is 1. The van der Waals surface area contributed by atoms with Gasteiger partial charge in [-0.3, -0.25) is 0 Å². The molecule has 0 aliphatic rings. The standard InChI is InChI=1S/C11H15N3O/c1-10(7-14-4-3-12-9-14)13-6-11-2-5-15-8-11/h2-5,8-10,13H,6-7H2,1H3. The van der Waals surface area contributed by atoms with Crippen LogP contribution < -0.4 is 5.32 Å². The molecular formula is C11H15N3O. The zero-order valence-corrected chi connectivity index (χ0v) is 8.76. The van der Waals surface area contributed by atoms with E-state index >= 15 is 0 Å². The fourth-order valence-corrected chi connectivity index (χ4v) is 1.46. The number of nitrogens with one attached hydrogen (secondary N) is 1. The second kappa shape index (κ2) is 4.79. The summed E-state index contributed by atoms with van der Waals surface area (Å²) < 4.78 is 7.06. The predicted molar refractivity (Wildman–Crippen MR) is 57.2 cm³/mol. The van der Waals surface area contributed by atoms with Crippen molar-refractivity contribution in [2.45, 2.75) is 26.1 Å². The molecular weight excluding hydrogens is 190 g/mol. The molecule has 15 heavy (non-hydrogen) atoms. The van der Waals surface area contributed by atoms with Crippen molar-refractivity contribution in [3.63, 3.8) is 0 Å². The van der Waals surface area contributed by atoms with Crippen molar-refractivity contribution in [3.05, 3.63) is 42.9 Å². The number of rotatable bonds is 5. The van der Waals surface area contributed by atoms with Gasteiger partial charge in [0.2, 0.25) is 0 Å². The zero-order chi connectivity index (χ0) is 10.5. The van der Waals surface area contributed by atoms with Gasteiger partial charge in [0.05, 0.1) is 18.9 Å². The maximum atomic E-state index is 5.00. The highest BCUT2D eigenvalue weighted by Crippen LogP contribution is 2.00. The fourth-order valence-electron chi connectivity index (χ4n) is 1.46. The van der Waals surface area contributed by atoms with Gasteiger partial charge in [0.25, 0.3) is 0 Å². The summed E-state index contributed by atoms with van der Waals surface area (Å²) in [6.45, 7) is 3.92. The first-order valence-corrected chi connectivity index (χ1v) is 5.05. The molecule has 0 amide bonds. The van der Waals surface area contributed by atoms with E-state index < -0.39 is 0 Å². The van der Waals surface area contributed by atoms with E-state index in [9.17, 15) is 0 Å². The Morgan fingerprint density at radius 1 is 1.60 bits per heavy atom. The van der Waals surface area contributed by atoms with E-state index in [1.807, 2.05) is 18.6 Å². The Labute approximate surface area is 88.9 Å². The normalized spacial score (nSPS) is 12.9. The molecule has 0 aliphatic heterocycles. The van der Waals surface area contributed by atoms with Crippen LogP contribution in [0.25, 0.3) is 0 Å². The third kappa shape index (κ3) is 2.95. The maximum Gasteiger partial charge on any atom is 0.0947 e. The molecule has 0 fully saturated rings. The average Bonchev–Trinajstić information content (AvgIpc) is 2.86. The van der Waals surface area contributed by atoms with Crippen LogP contribution in [0.15, 0.2) is 41.7 Å². The Morgan fingerprint density at radius 2 is 2.53 bits per heavy atom. The molecule has 1 N–H and O–H groups in total. The molecule has 0 aromatic carbocycles. The van der Waals surface area contributed by atoms with Crippen LogP contribution in [-0.4, -0.2) is 15.6 Å². The number of aromatic nitrogens is 2. The highest BCUT2D eigenvalue weighted by molar-refractivity contribution is 5.04. The van der Waals surface area contributed by atoms with E-state index in [1.165, 1.54) is 5.56 Å². The molecule has 2 rings (SSSR count). The molecule has 4 nitrogen and oxygen atoms in total. The molecule has 1 unspecified atom stereocenters. The van der Waals surface area contributed by atoms with Gasteiger partial charge >= 0.3 is 0 Å². The lowest BCUT2D eigenvalue weighted by Crippen LogP contribution is -2.29. The molecule has 2 heterocycles. The number of furan rings is 1. The van der Waals surface area contributed by atoms with Gasteiger partial charge in [-0.15, -0.1) is 0 Å². The van der Waals surface area contributed by atoms with Gasteiger partial charge in [-0.05, 0) is 13.0 Å². The van der Waals surface area contributed by atoms with Gasteiger partial charge < -0.3 is 14.3 Å². The van der Waals surface area contributed by atoms with Crippen molar-refractivity contribution in [2.24, 2.45) is 0 Å². The van der Waals surface area contributed by atoms with Gasteiger partial charge in [-0.25, -0.2) is 4.98 Å². The summed E-state index contributed by atoms with van der Waals surface area (Å²) in [4.78, 5) is 4.01. The van der Waals surface area contributed by atoms with Crippen molar-refractivity contribution in [3.8, 4) is 0 Å². The van der Waals surface area contributed by atoms with Crippen molar-refractivity contribution in [2.75, 3.05) is 0 Å². The second-order valence-electron chi connectivity index (χ2n) is 3.67. The summed E-state index contributed by atoms with van der Waals surface area (Å²) in [6, 6.07) is 2.38. The SMILES string of the molecule is CC(Cn1ccnc1)NCc1ccoc1. The fraction of sp³-hybridized carbons (Fsp3) is 0.364. The van der Waals surface area contributed by atoms with Gasteiger partial charge in [0.1, 0.15) is 0 Å². The third-order valence-electron chi connectivity index (χ3n) is 2.28. The smallest absolute Gasteiger partial charge is 0.0947 e. The summed E-state index contributed by atoms with van der Waals surface area (Å²) in [5.74, 6) is 0. The molecule has 0 aliphatic carbocycles. The Kier molecular flexibility index (Phi) is 3.19. The topological polar surface area (TPSA) is 43.0 Å². The van der Waals surface area contributed by atoms with Crippen LogP contribution in [0.1, 0.15) is 12.5 Å². The lowest BCUT2D eigenvalue weighted by molar-refractivity contribution is 0.473. The highest BCUT2D eigenvalue weighted by atomic mass is 16.3.